The molecule has 1 atom stereocenters. The van der Waals surface area contributed by atoms with E-state index >= 15 is 0 Å². The fourth-order valence-corrected chi connectivity index (χ4v) is 1.49. The average molecular weight is 238 g/mol. The molecule has 0 aliphatic carbocycles. The van der Waals surface area contributed by atoms with Crippen LogP contribution in [0.1, 0.15) is 19.9 Å². The van der Waals surface area contributed by atoms with Crippen molar-refractivity contribution in [1.82, 2.24) is 19.8 Å². The molecule has 17 heavy (non-hydrogen) atoms. The molecule has 0 saturated heterocycles. The van der Waals surface area contributed by atoms with Crippen LogP contribution < -0.4 is 5.32 Å². The third-order valence-electron chi connectivity index (χ3n) is 2.64. The van der Waals surface area contributed by atoms with E-state index < -0.39 is 0 Å². The number of amides is 2. The monoisotopic (exact) mass is 238 g/mol. The Kier molecular flexibility index (Phi) is 4.68. The summed E-state index contributed by atoms with van der Waals surface area (Å²) < 4.78 is 1.72. The topological polar surface area (TPSA) is 67.2 Å². The highest BCUT2D eigenvalue weighted by molar-refractivity contribution is 5.86. The van der Waals surface area contributed by atoms with Crippen LogP contribution in [0.15, 0.2) is 18.7 Å². The zero-order chi connectivity index (χ0) is 12.8. The van der Waals surface area contributed by atoms with Gasteiger partial charge in [-0.3, -0.25) is 9.59 Å². The standard InChI is InChI=1S/C11H18N4O2/c1-4-14(7-10(16)12-3)11(17)9(2)15-6-5-13-8-15/h5-6,8-9H,4,7H2,1-3H3,(H,12,16)/t9-/m0/s1. The van der Waals surface area contributed by atoms with E-state index in [4.69, 9.17) is 0 Å². The predicted octanol–water partition coefficient (Wildman–Crippen LogP) is 0.0386. The van der Waals surface area contributed by atoms with Crippen molar-refractivity contribution in [1.29, 1.82) is 0 Å². The molecule has 1 heterocycles. The number of hydrogen-bond acceptors (Lipinski definition) is 3. The van der Waals surface area contributed by atoms with E-state index in [1.165, 1.54) is 4.90 Å². The lowest BCUT2D eigenvalue weighted by Gasteiger charge is -2.24. The smallest absolute Gasteiger partial charge is 0.245 e. The van der Waals surface area contributed by atoms with Crippen molar-refractivity contribution in [3.05, 3.63) is 18.7 Å². The van der Waals surface area contributed by atoms with Crippen molar-refractivity contribution < 1.29 is 9.59 Å². The number of imidazole rings is 1. The molecular formula is C11H18N4O2. The summed E-state index contributed by atoms with van der Waals surface area (Å²) in [5.41, 5.74) is 0. The van der Waals surface area contributed by atoms with Crippen molar-refractivity contribution in [3.8, 4) is 0 Å². The van der Waals surface area contributed by atoms with E-state index in [9.17, 15) is 9.59 Å². The molecule has 1 rings (SSSR count). The summed E-state index contributed by atoms with van der Waals surface area (Å²) in [6.45, 7) is 4.23. The third kappa shape index (κ3) is 3.30. The Morgan fingerprint density at radius 3 is 2.71 bits per heavy atom. The molecule has 0 radical (unpaired) electrons. The molecule has 0 aliphatic heterocycles. The van der Waals surface area contributed by atoms with Gasteiger partial charge in [-0.15, -0.1) is 0 Å². The number of likely N-dealkylation sites (N-methyl/N-ethyl adjacent to an activating group) is 2. The second-order valence-corrected chi connectivity index (χ2v) is 3.71. The number of aromatic nitrogens is 2. The van der Waals surface area contributed by atoms with Crippen molar-refractivity contribution in [2.75, 3.05) is 20.1 Å². The molecule has 2 amide bonds. The molecule has 94 valence electrons. The van der Waals surface area contributed by atoms with Gasteiger partial charge in [-0.05, 0) is 13.8 Å². The number of carbonyl (C=O) groups is 2. The number of nitrogens with one attached hydrogen (secondary N) is 1. The van der Waals surface area contributed by atoms with Gasteiger partial charge in [0.1, 0.15) is 6.04 Å². The normalized spacial score (nSPS) is 11.9. The summed E-state index contributed by atoms with van der Waals surface area (Å²) in [5.74, 6) is -0.257. The molecule has 6 heteroatoms. The van der Waals surface area contributed by atoms with Gasteiger partial charge in [0.05, 0.1) is 12.9 Å². The van der Waals surface area contributed by atoms with Gasteiger partial charge in [-0.2, -0.15) is 0 Å². The molecule has 0 aliphatic rings. The molecule has 6 nitrogen and oxygen atoms in total. The van der Waals surface area contributed by atoms with Crippen LogP contribution >= 0.6 is 0 Å². The molecule has 0 saturated carbocycles. The van der Waals surface area contributed by atoms with Crippen LogP contribution in [0.3, 0.4) is 0 Å². The minimum Gasteiger partial charge on any atom is -0.358 e. The summed E-state index contributed by atoms with van der Waals surface area (Å²) in [6.07, 6.45) is 4.95. The Bertz CT molecular complexity index is 375. The quantitative estimate of drug-likeness (QED) is 0.787. The first-order valence-electron chi connectivity index (χ1n) is 5.57. The van der Waals surface area contributed by atoms with E-state index in [1.807, 2.05) is 6.92 Å². The number of carbonyl (C=O) groups excluding carboxylic acids is 2. The Morgan fingerprint density at radius 2 is 2.24 bits per heavy atom. The SMILES string of the molecule is CCN(CC(=O)NC)C(=O)[C@H](C)n1ccnc1. The van der Waals surface area contributed by atoms with Crippen molar-refractivity contribution in [2.45, 2.75) is 19.9 Å². The third-order valence-corrected chi connectivity index (χ3v) is 2.64. The maximum Gasteiger partial charge on any atom is 0.245 e. The second kappa shape index (κ2) is 6.03. The Balaban J connectivity index is 2.69. The molecule has 0 bridgehead atoms. The summed E-state index contributed by atoms with van der Waals surface area (Å²) in [4.78, 5) is 28.8. The van der Waals surface area contributed by atoms with Gasteiger partial charge < -0.3 is 14.8 Å². The lowest BCUT2D eigenvalue weighted by atomic mass is 10.2. The minimum absolute atomic E-state index is 0.0882. The van der Waals surface area contributed by atoms with Gasteiger partial charge in [0.2, 0.25) is 11.8 Å². The van der Waals surface area contributed by atoms with Crippen molar-refractivity contribution >= 4 is 11.8 Å². The zero-order valence-electron chi connectivity index (χ0n) is 10.4. The fraction of sp³-hybridized carbons (Fsp3) is 0.545. The lowest BCUT2D eigenvalue weighted by Crippen LogP contribution is -2.42. The van der Waals surface area contributed by atoms with E-state index in [0.717, 1.165) is 0 Å². The lowest BCUT2D eigenvalue weighted by molar-refractivity contribution is -0.138. The summed E-state index contributed by atoms with van der Waals surface area (Å²) >= 11 is 0. The maximum absolute atomic E-state index is 12.1. The summed E-state index contributed by atoms with van der Waals surface area (Å²) in [7, 11) is 1.56. The molecule has 0 unspecified atom stereocenters. The van der Waals surface area contributed by atoms with E-state index in [-0.39, 0.29) is 24.4 Å². The van der Waals surface area contributed by atoms with Gasteiger partial charge in [0.15, 0.2) is 0 Å². The molecule has 1 aromatic rings. The number of hydrogen-bond donors (Lipinski definition) is 1. The number of nitrogens with zero attached hydrogens (tertiary/aromatic N) is 3. The summed E-state index contributed by atoms with van der Waals surface area (Å²) in [5, 5.41) is 2.51. The van der Waals surface area contributed by atoms with Gasteiger partial charge in [0.25, 0.3) is 0 Å². The molecular weight excluding hydrogens is 220 g/mol. The van der Waals surface area contributed by atoms with Crippen molar-refractivity contribution in [3.63, 3.8) is 0 Å². The first-order valence-corrected chi connectivity index (χ1v) is 5.57. The van der Waals surface area contributed by atoms with Gasteiger partial charge in [-0.1, -0.05) is 0 Å². The van der Waals surface area contributed by atoms with Crippen LogP contribution in [0, 0.1) is 0 Å². The van der Waals surface area contributed by atoms with E-state index in [0.29, 0.717) is 6.54 Å². The Morgan fingerprint density at radius 1 is 1.53 bits per heavy atom. The Labute approximate surface area is 101 Å². The van der Waals surface area contributed by atoms with Crippen LogP contribution in [0.2, 0.25) is 0 Å². The average Bonchev–Trinajstić information content (AvgIpc) is 2.87. The van der Waals surface area contributed by atoms with Crippen LogP contribution in [-0.4, -0.2) is 46.4 Å². The molecule has 0 spiro atoms. The molecule has 0 aromatic carbocycles. The van der Waals surface area contributed by atoms with Gasteiger partial charge >= 0.3 is 0 Å². The molecule has 1 N–H and O–H groups in total. The maximum atomic E-state index is 12.1. The first kappa shape index (κ1) is 13.2. The van der Waals surface area contributed by atoms with Crippen molar-refractivity contribution in [2.24, 2.45) is 0 Å². The molecule has 0 fully saturated rings. The minimum atomic E-state index is -0.345. The van der Waals surface area contributed by atoms with E-state index in [2.05, 4.69) is 10.3 Å². The van der Waals surface area contributed by atoms with Gasteiger partial charge in [0, 0.05) is 26.0 Å². The number of rotatable bonds is 5. The van der Waals surface area contributed by atoms with Crippen LogP contribution in [0.25, 0.3) is 0 Å². The summed E-state index contributed by atoms with van der Waals surface area (Å²) in [6, 6.07) is -0.345. The Hall–Kier alpha value is -1.85. The van der Waals surface area contributed by atoms with Crippen LogP contribution in [0.4, 0.5) is 0 Å². The predicted molar refractivity (Wildman–Crippen MR) is 63.3 cm³/mol. The molecule has 1 aromatic heterocycles. The van der Waals surface area contributed by atoms with Crippen LogP contribution in [0.5, 0.6) is 0 Å². The first-order chi connectivity index (χ1) is 8.10. The zero-order valence-corrected chi connectivity index (χ0v) is 10.4. The highest BCUT2D eigenvalue weighted by atomic mass is 16.2. The highest BCUT2D eigenvalue weighted by Crippen LogP contribution is 2.09. The fourth-order valence-electron chi connectivity index (χ4n) is 1.49. The second-order valence-electron chi connectivity index (χ2n) is 3.71. The highest BCUT2D eigenvalue weighted by Gasteiger charge is 2.21. The van der Waals surface area contributed by atoms with Crippen LogP contribution in [-0.2, 0) is 9.59 Å². The van der Waals surface area contributed by atoms with E-state index in [1.54, 1.807) is 37.3 Å². The van der Waals surface area contributed by atoms with Gasteiger partial charge in [-0.25, -0.2) is 4.98 Å². The largest absolute Gasteiger partial charge is 0.358 e.